The first-order valence-electron chi connectivity index (χ1n) is 7.40. The number of hydrogen-bond acceptors (Lipinski definition) is 4. The molecule has 0 unspecified atom stereocenters. The molecule has 0 spiro atoms. The molecule has 1 aromatic carbocycles. The average Bonchev–Trinajstić information content (AvgIpc) is 2.81. The van der Waals surface area contributed by atoms with Gasteiger partial charge < -0.3 is 14.8 Å². The molecule has 1 N–H and O–H groups in total. The largest absolute Gasteiger partial charge is 0.484 e. The number of carbonyl (C=O) groups excluding carboxylic acids is 1. The van der Waals surface area contributed by atoms with Gasteiger partial charge in [0, 0.05) is 18.7 Å². The third-order valence-electron chi connectivity index (χ3n) is 3.72. The molecule has 0 saturated carbocycles. The maximum absolute atomic E-state index is 12.1. The smallest absolute Gasteiger partial charge is 0.260 e. The summed E-state index contributed by atoms with van der Waals surface area (Å²) in [6.45, 7) is 3.43. The van der Waals surface area contributed by atoms with Crippen molar-refractivity contribution >= 4 is 11.6 Å². The van der Waals surface area contributed by atoms with Crippen LogP contribution in [0.4, 0.5) is 0 Å². The first kappa shape index (κ1) is 15.4. The average molecular weight is 290 g/mol. The lowest BCUT2D eigenvalue weighted by atomic mass is 10.1. The Morgan fingerprint density at radius 2 is 2.00 bits per heavy atom. The van der Waals surface area contributed by atoms with E-state index in [2.05, 4.69) is 5.16 Å². The van der Waals surface area contributed by atoms with Gasteiger partial charge in [0.1, 0.15) is 5.75 Å². The number of oxime groups is 1. The van der Waals surface area contributed by atoms with Gasteiger partial charge in [-0.25, -0.2) is 0 Å². The first-order chi connectivity index (χ1) is 10.2. The summed E-state index contributed by atoms with van der Waals surface area (Å²) >= 11 is 0. The molecule has 1 amide bonds. The van der Waals surface area contributed by atoms with E-state index in [0.717, 1.165) is 31.5 Å². The molecule has 0 bridgehead atoms. The Labute approximate surface area is 125 Å². The number of hydrogen-bond donors (Lipinski definition) is 1. The van der Waals surface area contributed by atoms with Crippen LogP contribution in [0.5, 0.6) is 5.75 Å². The number of rotatable bonds is 4. The third-order valence-corrected chi connectivity index (χ3v) is 3.72. The van der Waals surface area contributed by atoms with Gasteiger partial charge in [-0.15, -0.1) is 0 Å². The van der Waals surface area contributed by atoms with Crippen molar-refractivity contribution in [1.82, 2.24) is 4.90 Å². The molecule has 1 aliphatic rings. The van der Waals surface area contributed by atoms with E-state index < -0.39 is 0 Å². The minimum absolute atomic E-state index is 0.0369. The topological polar surface area (TPSA) is 62.1 Å². The van der Waals surface area contributed by atoms with Crippen LogP contribution in [0.1, 0.15) is 38.2 Å². The normalized spacial score (nSPS) is 16.4. The fraction of sp³-hybridized carbons (Fsp3) is 0.500. The van der Waals surface area contributed by atoms with Crippen LogP contribution in [0.2, 0.25) is 0 Å². The highest BCUT2D eigenvalue weighted by atomic mass is 16.5. The quantitative estimate of drug-likeness (QED) is 0.527. The van der Waals surface area contributed by atoms with Crippen LogP contribution in [0.15, 0.2) is 29.4 Å². The van der Waals surface area contributed by atoms with Crippen molar-refractivity contribution in [2.45, 2.75) is 32.6 Å². The summed E-state index contributed by atoms with van der Waals surface area (Å²) in [6.07, 6.45) is 4.56. The Morgan fingerprint density at radius 1 is 1.29 bits per heavy atom. The molecular formula is C16H22N2O3. The zero-order valence-corrected chi connectivity index (χ0v) is 12.4. The standard InChI is InChI=1S/C16H22N2O3/c1-13(17-20)14-7-6-8-15(11-14)21-12-16(19)18-9-4-2-3-5-10-18/h6-8,11,20H,2-5,9-10,12H2,1H3/b17-13+. The molecule has 0 aliphatic carbocycles. The molecule has 5 heteroatoms. The van der Waals surface area contributed by atoms with Crippen LogP contribution in [0.3, 0.4) is 0 Å². The van der Waals surface area contributed by atoms with Crippen LogP contribution < -0.4 is 4.74 Å². The van der Waals surface area contributed by atoms with Gasteiger partial charge in [-0.2, -0.15) is 0 Å². The van der Waals surface area contributed by atoms with E-state index in [0.29, 0.717) is 11.5 Å². The van der Waals surface area contributed by atoms with Gasteiger partial charge in [-0.3, -0.25) is 4.79 Å². The van der Waals surface area contributed by atoms with E-state index >= 15 is 0 Å². The SMILES string of the molecule is C/C(=N\O)c1cccc(OCC(=O)N2CCCCCC2)c1. The highest BCUT2D eigenvalue weighted by Crippen LogP contribution is 2.15. The minimum atomic E-state index is 0.0369. The predicted octanol–water partition coefficient (Wildman–Crippen LogP) is 2.67. The van der Waals surface area contributed by atoms with Crippen molar-refractivity contribution in [3.05, 3.63) is 29.8 Å². The zero-order valence-electron chi connectivity index (χ0n) is 12.4. The van der Waals surface area contributed by atoms with Gasteiger partial charge in [0.2, 0.25) is 0 Å². The number of ether oxygens (including phenoxy) is 1. The molecule has 2 rings (SSSR count). The molecule has 0 atom stereocenters. The summed E-state index contributed by atoms with van der Waals surface area (Å²) in [4.78, 5) is 14.0. The molecule has 1 saturated heterocycles. The molecule has 5 nitrogen and oxygen atoms in total. The Morgan fingerprint density at radius 3 is 2.67 bits per heavy atom. The van der Waals surface area contributed by atoms with Gasteiger partial charge in [-0.05, 0) is 31.9 Å². The molecule has 21 heavy (non-hydrogen) atoms. The second kappa shape index (κ2) is 7.67. The predicted molar refractivity (Wildman–Crippen MR) is 81.0 cm³/mol. The Hall–Kier alpha value is -2.04. The van der Waals surface area contributed by atoms with Crippen LogP contribution in [0, 0.1) is 0 Å². The van der Waals surface area contributed by atoms with E-state index in [-0.39, 0.29) is 12.5 Å². The van der Waals surface area contributed by atoms with Crippen molar-refractivity contribution in [3.63, 3.8) is 0 Å². The minimum Gasteiger partial charge on any atom is -0.484 e. The maximum Gasteiger partial charge on any atom is 0.260 e. The van der Waals surface area contributed by atoms with Crippen molar-refractivity contribution in [3.8, 4) is 5.75 Å². The lowest BCUT2D eigenvalue weighted by Crippen LogP contribution is -2.35. The van der Waals surface area contributed by atoms with E-state index in [9.17, 15) is 4.79 Å². The lowest BCUT2D eigenvalue weighted by molar-refractivity contribution is -0.133. The van der Waals surface area contributed by atoms with Crippen molar-refractivity contribution in [2.75, 3.05) is 19.7 Å². The molecule has 1 fully saturated rings. The second-order valence-corrected chi connectivity index (χ2v) is 5.30. The summed E-state index contributed by atoms with van der Waals surface area (Å²) < 4.78 is 5.57. The summed E-state index contributed by atoms with van der Waals surface area (Å²) in [7, 11) is 0. The van der Waals surface area contributed by atoms with Crippen molar-refractivity contribution < 1.29 is 14.7 Å². The van der Waals surface area contributed by atoms with Gasteiger partial charge in [0.15, 0.2) is 6.61 Å². The van der Waals surface area contributed by atoms with Crippen LogP contribution in [-0.2, 0) is 4.79 Å². The number of likely N-dealkylation sites (tertiary alicyclic amines) is 1. The highest BCUT2D eigenvalue weighted by molar-refractivity contribution is 5.98. The Bertz CT molecular complexity index is 506. The summed E-state index contributed by atoms with van der Waals surface area (Å²) in [6, 6.07) is 7.21. The zero-order chi connectivity index (χ0) is 15.1. The van der Waals surface area contributed by atoms with Gasteiger partial charge in [-0.1, -0.05) is 30.1 Å². The van der Waals surface area contributed by atoms with E-state index in [1.165, 1.54) is 12.8 Å². The molecule has 114 valence electrons. The Kier molecular flexibility index (Phi) is 5.60. The fourth-order valence-corrected chi connectivity index (χ4v) is 2.43. The number of carbonyl (C=O) groups is 1. The number of benzene rings is 1. The number of nitrogens with zero attached hydrogens (tertiary/aromatic N) is 2. The second-order valence-electron chi connectivity index (χ2n) is 5.30. The summed E-state index contributed by atoms with van der Waals surface area (Å²) in [5.74, 6) is 0.647. The molecule has 1 aromatic rings. The summed E-state index contributed by atoms with van der Waals surface area (Å²) in [5.41, 5.74) is 1.29. The van der Waals surface area contributed by atoms with Crippen LogP contribution in [-0.4, -0.2) is 41.4 Å². The lowest BCUT2D eigenvalue weighted by Gasteiger charge is -2.20. The van der Waals surface area contributed by atoms with Gasteiger partial charge in [0.05, 0.1) is 5.71 Å². The molecule has 0 radical (unpaired) electrons. The Balaban J connectivity index is 1.91. The fourth-order valence-electron chi connectivity index (χ4n) is 2.43. The molecule has 1 heterocycles. The van der Waals surface area contributed by atoms with Gasteiger partial charge >= 0.3 is 0 Å². The van der Waals surface area contributed by atoms with Crippen molar-refractivity contribution in [2.24, 2.45) is 5.16 Å². The van der Waals surface area contributed by atoms with Crippen LogP contribution >= 0.6 is 0 Å². The maximum atomic E-state index is 12.1. The highest BCUT2D eigenvalue weighted by Gasteiger charge is 2.15. The molecule has 0 aromatic heterocycles. The van der Waals surface area contributed by atoms with Gasteiger partial charge in [0.25, 0.3) is 5.91 Å². The molecular weight excluding hydrogens is 268 g/mol. The first-order valence-corrected chi connectivity index (χ1v) is 7.40. The number of amides is 1. The summed E-state index contributed by atoms with van der Waals surface area (Å²) in [5, 5.41) is 11.9. The van der Waals surface area contributed by atoms with Crippen LogP contribution in [0.25, 0.3) is 0 Å². The van der Waals surface area contributed by atoms with E-state index in [1.807, 2.05) is 17.0 Å². The third kappa shape index (κ3) is 4.48. The van der Waals surface area contributed by atoms with E-state index in [4.69, 9.17) is 9.94 Å². The van der Waals surface area contributed by atoms with E-state index in [1.54, 1.807) is 19.1 Å². The molecule has 1 aliphatic heterocycles. The van der Waals surface area contributed by atoms with Crippen molar-refractivity contribution in [1.29, 1.82) is 0 Å². The monoisotopic (exact) mass is 290 g/mol.